The topological polar surface area (TPSA) is 93.9 Å². The van der Waals surface area contributed by atoms with Crippen molar-refractivity contribution in [3.63, 3.8) is 0 Å². The maximum absolute atomic E-state index is 12.4. The lowest BCUT2D eigenvalue weighted by Crippen LogP contribution is -2.48. The summed E-state index contributed by atoms with van der Waals surface area (Å²) in [6.45, 7) is 9.48. The minimum absolute atomic E-state index is 0.0815. The van der Waals surface area contributed by atoms with Crippen LogP contribution in [-0.4, -0.2) is 54.3 Å². The fraction of sp³-hybridized carbons (Fsp3) is 0.688. The molecule has 2 amide bonds. The highest BCUT2D eigenvalue weighted by molar-refractivity contribution is 5.86. The van der Waals surface area contributed by atoms with Crippen molar-refractivity contribution in [2.24, 2.45) is 0 Å². The number of nitrogens with one attached hydrogen (secondary N) is 1. The van der Waals surface area contributed by atoms with E-state index in [1.165, 1.54) is 13.4 Å². The van der Waals surface area contributed by atoms with Gasteiger partial charge in [-0.25, -0.2) is 14.6 Å². The van der Waals surface area contributed by atoms with E-state index in [0.717, 1.165) is 0 Å². The van der Waals surface area contributed by atoms with Crippen LogP contribution < -0.4 is 5.32 Å². The van der Waals surface area contributed by atoms with Crippen molar-refractivity contribution in [2.75, 3.05) is 26.9 Å². The van der Waals surface area contributed by atoms with Crippen LogP contribution in [0.4, 0.5) is 4.79 Å². The van der Waals surface area contributed by atoms with E-state index < -0.39 is 5.97 Å². The second kappa shape index (κ2) is 9.27. The first-order valence-electron chi connectivity index (χ1n) is 7.94. The van der Waals surface area contributed by atoms with E-state index in [2.05, 4.69) is 15.0 Å². The van der Waals surface area contributed by atoms with Crippen LogP contribution in [0.5, 0.6) is 0 Å². The molecule has 0 aliphatic carbocycles. The maximum atomic E-state index is 12.4. The van der Waals surface area contributed by atoms with Gasteiger partial charge in [-0.15, -0.1) is 0 Å². The fourth-order valence-corrected chi connectivity index (χ4v) is 1.90. The van der Waals surface area contributed by atoms with Crippen LogP contribution in [-0.2, 0) is 16.0 Å². The van der Waals surface area contributed by atoms with Crippen LogP contribution >= 0.6 is 0 Å². The first-order valence-corrected chi connectivity index (χ1v) is 7.94. The van der Waals surface area contributed by atoms with Crippen molar-refractivity contribution in [3.05, 3.63) is 17.8 Å². The van der Waals surface area contributed by atoms with Crippen LogP contribution in [0.3, 0.4) is 0 Å². The lowest BCUT2D eigenvalue weighted by Gasteiger charge is -2.27. The Morgan fingerprint density at radius 1 is 1.38 bits per heavy atom. The molecule has 0 unspecified atom stereocenters. The predicted molar refractivity (Wildman–Crippen MR) is 87.6 cm³/mol. The summed E-state index contributed by atoms with van der Waals surface area (Å²) in [4.78, 5) is 29.5. The van der Waals surface area contributed by atoms with Crippen molar-refractivity contribution in [1.29, 1.82) is 0 Å². The molecule has 0 aromatic carbocycles. The maximum Gasteiger partial charge on any atom is 0.360 e. The number of nitrogens with zero attached hydrogens (tertiary/aromatic N) is 2. The molecule has 0 aliphatic rings. The molecule has 8 heteroatoms. The average molecular weight is 341 g/mol. The molecule has 0 fully saturated rings. The molecule has 0 saturated heterocycles. The van der Waals surface area contributed by atoms with E-state index in [4.69, 9.17) is 9.15 Å². The molecule has 136 valence electrons. The second-order valence-corrected chi connectivity index (χ2v) is 6.27. The zero-order valence-electron chi connectivity index (χ0n) is 15.0. The summed E-state index contributed by atoms with van der Waals surface area (Å²) >= 11 is 0. The van der Waals surface area contributed by atoms with Gasteiger partial charge in [-0.1, -0.05) is 0 Å². The summed E-state index contributed by atoms with van der Waals surface area (Å²) in [5, 5.41) is 2.91. The Kier molecular flexibility index (Phi) is 7.70. The van der Waals surface area contributed by atoms with Crippen molar-refractivity contribution < 1.29 is 23.5 Å². The van der Waals surface area contributed by atoms with Crippen LogP contribution in [0, 0.1) is 0 Å². The highest BCUT2D eigenvalue weighted by Crippen LogP contribution is 2.09. The SMILES string of the molecule is CCOCCCN(Cc1nc(C(=O)OC)co1)C(=O)NC(C)(C)C. The van der Waals surface area contributed by atoms with Crippen LogP contribution in [0.2, 0.25) is 0 Å². The minimum Gasteiger partial charge on any atom is -0.464 e. The number of amides is 2. The van der Waals surface area contributed by atoms with Crippen molar-refractivity contribution in [1.82, 2.24) is 15.2 Å². The number of carbonyl (C=O) groups excluding carboxylic acids is 2. The van der Waals surface area contributed by atoms with E-state index >= 15 is 0 Å². The van der Waals surface area contributed by atoms with Gasteiger partial charge in [0.2, 0.25) is 5.89 Å². The van der Waals surface area contributed by atoms with Crippen LogP contribution in [0.1, 0.15) is 50.5 Å². The molecule has 1 aromatic rings. The number of esters is 1. The Morgan fingerprint density at radius 2 is 2.08 bits per heavy atom. The Morgan fingerprint density at radius 3 is 2.67 bits per heavy atom. The van der Waals surface area contributed by atoms with Gasteiger partial charge in [0.15, 0.2) is 5.69 Å². The quantitative estimate of drug-likeness (QED) is 0.575. The molecule has 0 radical (unpaired) electrons. The normalized spacial score (nSPS) is 11.2. The zero-order valence-corrected chi connectivity index (χ0v) is 15.0. The van der Waals surface area contributed by atoms with E-state index in [1.807, 2.05) is 27.7 Å². The fourth-order valence-electron chi connectivity index (χ4n) is 1.90. The Hall–Kier alpha value is -2.09. The molecule has 1 heterocycles. The molecule has 1 rings (SSSR count). The summed E-state index contributed by atoms with van der Waals surface area (Å²) in [7, 11) is 1.27. The zero-order chi connectivity index (χ0) is 18.2. The molecule has 24 heavy (non-hydrogen) atoms. The average Bonchev–Trinajstić information content (AvgIpc) is 2.96. The molecular weight excluding hydrogens is 314 g/mol. The van der Waals surface area contributed by atoms with Gasteiger partial charge in [0.1, 0.15) is 6.26 Å². The highest BCUT2D eigenvalue weighted by atomic mass is 16.5. The first kappa shape index (κ1) is 20.0. The molecular formula is C16H27N3O5. The van der Waals surface area contributed by atoms with Gasteiger partial charge in [-0.05, 0) is 34.1 Å². The van der Waals surface area contributed by atoms with Crippen LogP contribution in [0.25, 0.3) is 0 Å². The van der Waals surface area contributed by atoms with Crippen molar-refractivity contribution in [2.45, 2.75) is 46.2 Å². The van der Waals surface area contributed by atoms with Crippen LogP contribution in [0.15, 0.2) is 10.7 Å². The van der Waals surface area contributed by atoms with Gasteiger partial charge < -0.3 is 24.1 Å². The predicted octanol–water partition coefficient (Wildman–Crippen LogP) is 2.20. The summed E-state index contributed by atoms with van der Waals surface area (Å²) in [5.74, 6) is -0.303. The molecule has 0 atom stereocenters. The number of rotatable bonds is 8. The van der Waals surface area contributed by atoms with Gasteiger partial charge in [0.05, 0.1) is 13.7 Å². The third-order valence-electron chi connectivity index (χ3n) is 2.96. The molecule has 1 N–H and O–H groups in total. The van der Waals surface area contributed by atoms with Gasteiger partial charge in [-0.2, -0.15) is 0 Å². The second-order valence-electron chi connectivity index (χ2n) is 6.27. The number of methoxy groups -OCH3 is 1. The Bertz CT molecular complexity index is 536. The number of aromatic nitrogens is 1. The molecule has 0 aliphatic heterocycles. The van der Waals surface area contributed by atoms with Gasteiger partial charge in [-0.3, -0.25) is 0 Å². The van der Waals surface area contributed by atoms with E-state index in [-0.39, 0.29) is 29.7 Å². The summed E-state index contributed by atoms with van der Waals surface area (Å²) < 4.78 is 15.2. The summed E-state index contributed by atoms with van der Waals surface area (Å²) in [6.07, 6.45) is 1.91. The third kappa shape index (κ3) is 6.99. The molecule has 0 saturated carbocycles. The number of hydrogen-bond donors (Lipinski definition) is 1. The molecule has 0 spiro atoms. The van der Waals surface area contributed by atoms with E-state index in [1.54, 1.807) is 4.90 Å². The molecule has 8 nitrogen and oxygen atoms in total. The van der Waals surface area contributed by atoms with Crippen molar-refractivity contribution >= 4 is 12.0 Å². The number of urea groups is 1. The van der Waals surface area contributed by atoms with E-state index in [0.29, 0.717) is 26.2 Å². The summed E-state index contributed by atoms with van der Waals surface area (Å²) in [6, 6.07) is -0.225. The highest BCUT2D eigenvalue weighted by Gasteiger charge is 2.22. The smallest absolute Gasteiger partial charge is 0.360 e. The minimum atomic E-state index is -0.577. The van der Waals surface area contributed by atoms with Crippen molar-refractivity contribution in [3.8, 4) is 0 Å². The molecule has 0 bridgehead atoms. The van der Waals surface area contributed by atoms with Gasteiger partial charge in [0.25, 0.3) is 0 Å². The Labute approximate surface area is 142 Å². The number of carbonyl (C=O) groups is 2. The lowest BCUT2D eigenvalue weighted by atomic mass is 10.1. The monoisotopic (exact) mass is 341 g/mol. The third-order valence-corrected chi connectivity index (χ3v) is 2.96. The number of ether oxygens (including phenoxy) is 2. The Balaban J connectivity index is 2.74. The van der Waals surface area contributed by atoms with Gasteiger partial charge in [0, 0.05) is 25.3 Å². The summed E-state index contributed by atoms with van der Waals surface area (Å²) in [5.41, 5.74) is -0.277. The number of hydrogen-bond acceptors (Lipinski definition) is 6. The lowest BCUT2D eigenvalue weighted by molar-refractivity contribution is 0.0594. The van der Waals surface area contributed by atoms with E-state index in [9.17, 15) is 9.59 Å². The standard InChI is InChI=1S/C16H27N3O5/c1-6-23-9-7-8-19(15(21)18-16(2,3)4)10-13-17-12(11-24-13)14(20)22-5/h11H,6-10H2,1-5H3,(H,18,21). The largest absolute Gasteiger partial charge is 0.464 e. The molecule has 1 aromatic heterocycles. The number of oxazole rings is 1. The first-order chi connectivity index (χ1) is 11.3. The van der Waals surface area contributed by atoms with Gasteiger partial charge >= 0.3 is 12.0 Å².